The fourth-order valence-electron chi connectivity index (χ4n) is 5.65. The molecule has 41 heavy (non-hydrogen) atoms. The lowest BCUT2D eigenvalue weighted by molar-refractivity contribution is -0.144. The zero-order valence-corrected chi connectivity index (χ0v) is 24.6. The van der Waals surface area contributed by atoms with E-state index in [2.05, 4.69) is 5.32 Å². The molecule has 2 saturated heterocycles. The highest BCUT2D eigenvalue weighted by atomic mass is 35.5. The van der Waals surface area contributed by atoms with Crippen LogP contribution in [0.3, 0.4) is 0 Å². The van der Waals surface area contributed by atoms with Gasteiger partial charge in [0.05, 0.1) is 4.90 Å². The number of fused-ring (bicyclic) bond motifs is 1. The molecule has 3 atom stereocenters. The maximum atomic E-state index is 13.5. The number of nitrogens with one attached hydrogen (secondary N) is 1. The Morgan fingerprint density at radius 3 is 2.46 bits per heavy atom. The van der Waals surface area contributed by atoms with Gasteiger partial charge in [0.2, 0.25) is 21.8 Å². The summed E-state index contributed by atoms with van der Waals surface area (Å²) in [4.78, 5) is 42.7. The summed E-state index contributed by atoms with van der Waals surface area (Å²) in [5.41, 5.74) is 0.560. The summed E-state index contributed by atoms with van der Waals surface area (Å²) in [6, 6.07) is 17.1. The molecule has 3 amide bonds. The summed E-state index contributed by atoms with van der Waals surface area (Å²) in [5.74, 6) is -0.790. The van der Waals surface area contributed by atoms with Gasteiger partial charge in [-0.2, -0.15) is 4.31 Å². The number of likely N-dealkylation sites (tertiary alicyclic amines) is 2. The van der Waals surface area contributed by atoms with Crippen LogP contribution in [0.15, 0.2) is 71.6 Å². The number of piperidine rings is 1. The molecular weight excluding hydrogens is 564 g/mol. The van der Waals surface area contributed by atoms with Crippen LogP contribution < -0.4 is 5.32 Å². The van der Waals surface area contributed by atoms with Crippen LogP contribution in [0.5, 0.6) is 0 Å². The molecule has 0 radical (unpaired) electrons. The summed E-state index contributed by atoms with van der Waals surface area (Å²) in [7, 11) is -2.56. The highest BCUT2D eigenvalue weighted by Gasteiger charge is 2.43. The first-order valence-electron chi connectivity index (χ1n) is 13.7. The van der Waals surface area contributed by atoms with E-state index < -0.39 is 28.0 Å². The topological polar surface area (TPSA) is 107 Å². The summed E-state index contributed by atoms with van der Waals surface area (Å²) in [6.07, 6.45) is 1.77. The molecule has 2 aliphatic rings. The highest BCUT2D eigenvalue weighted by Crippen LogP contribution is 2.28. The number of likely N-dealkylation sites (N-methyl/N-ethyl adjacent to an activating group) is 1. The van der Waals surface area contributed by atoms with Gasteiger partial charge in [0.15, 0.2) is 0 Å². The van der Waals surface area contributed by atoms with Crippen LogP contribution >= 0.6 is 11.6 Å². The van der Waals surface area contributed by atoms with E-state index in [-0.39, 0.29) is 35.7 Å². The molecule has 1 N–H and O–H groups in total. The van der Waals surface area contributed by atoms with Crippen LogP contribution in [0.1, 0.15) is 36.5 Å². The number of carbonyl (C=O) groups is 3. The minimum atomic E-state index is -3.97. The number of hydrogen-bond acceptors (Lipinski definition) is 5. The van der Waals surface area contributed by atoms with Crippen molar-refractivity contribution in [1.82, 2.24) is 19.4 Å². The van der Waals surface area contributed by atoms with Gasteiger partial charge in [-0.25, -0.2) is 8.42 Å². The molecule has 0 spiro atoms. The van der Waals surface area contributed by atoms with E-state index in [9.17, 15) is 22.8 Å². The van der Waals surface area contributed by atoms with Crippen molar-refractivity contribution in [3.05, 3.63) is 77.3 Å². The van der Waals surface area contributed by atoms with Gasteiger partial charge in [0, 0.05) is 43.3 Å². The molecule has 216 valence electrons. The van der Waals surface area contributed by atoms with Crippen LogP contribution in [-0.2, 0) is 19.6 Å². The maximum Gasteiger partial charge on any atom is 0.251 e. The van der Waals surface area contributed by atoms with E-state index in [1.165, 1.54) is 18.0 Å². The number of halogens is 1. The molecule has 9 nitrogen and oxygen atoms in total. The molecule has 0 aliphatic carbocycles. The highest BCUT2D eigenvalue weighted by molar-refractivity contribution is 7.89. The average molecular weight is 597 g/mol. The van der Waals surface area contributed by atoms with E-state index >= 15 is 0 Å². The number of nitrogens with zero attached hydrogens (tertiary/aromatic N) is 3. The molecular formula is C30H33ClN4O5S. The van der Waals surface area contributed by atoms with Gasteiger partial charge in [-0.1, -0.05) is 41.9 Å². The third-order valence-corrected chi connectivity index (χ3v) is 10.1. The minimum Gasteiger partial charge on any atom is -0.348 e. The van der Waals surface area contributed by atoms with E-state index in [4.69, 9.17) is 11.6 Å². The van der Waals surface area contributed by atoms with Gasteiger partial charge < -0.3 is 15.1 Å². The third kappa shape index (κ3) is 5.95. The van der Waals surface area contributed by atoms with E-state index in [1.54, 1.807) is 66.4 Å². The van der Waals surface area contributed by atoms with Gasteiger partial charge in [-0.15, -0.1) is 0 Å². The molecule has 0 saturated carbocycles. The van der Waals surface area contributed by atoms with Crippen LogP contribution in [0.25, 0.3) is 10.8 Å². The first-order chi connectivity index (χ1) is 19.6. The SMILES string of the molecule is CC(C(=O)N1CCCC(NC(=O)c2ccccc2)C1)N1CCC(N(C)S(=O)(=O)c2ccc3cc(Cl)ccc3c2)C1=O. The van der Waals surface area contributed by atoms with Gasteiger partial charge in [-0.05, 0) is 73.4 Å². The molecule has 2 heterocycles. The number of sulfonamides is 1. The minimum absolute atomic E-state index is 0.0853. The lowest BCUT2D eigenvalue weighted by Crippen LogP contribution is -2.55. The lowest BCUT2D eigenvalue weighted by Gasteiger charge is -2.36. The van der Waals surface area contributed by atoms with Gasteiger partial charge in [0.1, 0.15) is 12.1 Å². The van der Waals surface area contributed by atoms with Gasteiger partial charge >= 0.3 is 0 Å². The van der Waals surface area contributed by atoms with E-state index in [0.29, 0.717) is 23.7 Å². The zero-order chi connectivity index (χ0) is 29.3. The third-order valence-electron chi connectivity index (χ3n) is 8.03. The Kier molecular flexibility index (Phi) is 8.35. The fourth-order valence-corrected chi connectivity index (χ4v) is 7.21. The summed E-state index contributed by atoms with van der Waals surface area (Å²) < 4.78 is 28.1. The first-order valence-corrected chi connectivity index (χ1v) is 15.5. The molecule has 2 aliphatic heterocycles. The van der Waals surface area contributed by atoms with E-state index in [1.807, 2.05) is 6.07 Å². The number of carbonyl (C=O) groups excluding carboxylic acids is 3. The van der Waals surface area contributed by atoms with Crippen molar-refractivity contribution in [2.75, 3.05) is 26.7 Å². The fraction of sp³-hybridized carbons (Fsp3) is 0.367. The first kappa shape index (κ1) is 29.0. The molecule has 2 fully saturated rings. The van der Waals surface area contributed by atoms with Crippen molar-refractivity contribution >= 4 is 50.1 Å². The maximum absolute atomic E-state index is 13.5. The molecule has 3 aromatic rings. The van der Waals surface area contributed by atoms with Crippen LogP contribution in [-0.4, -0.2) is 85.1 Å². The number of amides is 3. The van der Waals surface area contributed by atoms with Gasteiger partial charge in [-0.3, -0.25) is 14.4 Å². The van der Waals surface area contributed by atoms with Crippen molar-refractivity contribution in [3.63, 3.8) is 0 Å². The number of rotatable bonds is 7. The lowest BCUT2D eigenvalue weighted by atomic mass is 10.0. The Hall–Kier alpha value is -3.47. The van der Waals surface area contributed by atoms with Crippen molar-refractivity contribution in [3.8, 4) is 0 Å². The van der Waals surface area contributed by atoms with Crippen LogP contribution in [0.4, 0.5) is 0 Å². The van der Waals surface area contributed by atoms with Crippen molar-refractivity contribution in [2.45, 2.75) is 49.2 Å². The Labute approximate surface area is 245 Å². The second-order valence-corrected chi connectivity index (χ2v) is 13.1. The molecule has 0 aromatic heterocycles. The van der Waals surface area contributed by atoms with Gasteiger partial charge in [0.25, 0.3) is 5.91 Å². The predicted octanol–water partition coefficient (Wildman–Crippen LogP) is 3.52. The predicted molar refractivity (Wildman–Crippen MR) is 157 cm³/mol. The van der Waals surface area contributed by atoms with Crippen molar-refractivity contribution in [2.24, 2.45) is 0 Å². The Balaban J connectivity index is 1.23. The second-order valence-electron chi connectivity index (χ2n) is 10.6. The zero-order valence-electron chi connectivity index (χ0n) is 23.0. The molecule has 11 heteroatoms. The normalized spacial score (nSPS) is 20.4. The molecule has 5 rings (SSSR count). The summed E-state index contributed by atoms with van der Waals surface area (Å²) >= 11 is 6.05. The van der Waals surface area contributed by atoms with Crippen LogP contribution in [0, 0.1) is 0 Å². The summed E-state index contributed by atoms with van der Waals surface area (Å²) in [5, 5.41) is 5.11. The van der Waals surface area contributed by atoms with E-state index in [0.717, 1.165) is 27.9 Å². The molecule has 3 aromatic carbocycles. The number of hydrogen-bond donors (Lipinski definition) is 1. The average Bonchev–Trinajstić information content (AvgIpc) is 3.36. The molecule has 3 unspecified atom stereocenters. The second kappa shape index (κ2) is 11.8. The summed E-state index contributed by atoms with van der Waals surface area (Å²) in [6.45, 7) is 2.84. The standard InChI is InChI=1S/C30H33ClN4O5S/c1-20(29(37)34-15-6-9-25(19-34)32-28(36)21-7-4-3-5-8-21)35-16-14-27(30(35)38)33(2)41(39,40)26-13-11-22-17-24(31)12-10-23(22)18-26/h3-5,7-8,10-13,17-18,20,25,27H,6,9,14-16,19H2,1-2H3,(H,32,36). The molecule has 0 bridgehead atoms. The van der Waals surface area contributed by atoms with Crippen LogP contribution in [0.2, 0.25) is 5.02 Å². The Morgan fingerprint density at radius 2 is 1.71 bits per heavy atom. The number of benzene rings is 3. The van der Waals surface area contributed by atoms with Crippen molar-refractivity contribution in [1.29, 1.82) is 0 Å². The monoisotopic (exact) mass is 596 g/mol. The van der Waals surface area contributed by atoms with Crippen molar-refractivity contribution < 1.29 is 22.8 Å². The largest absolute Gasteiger partial charge is 0.348 e. The smallest absolute Gasteiger partial charge is 0.251 e. The quantitative estimate of drug-likeness (QED) is 0.449. The Bertz CT molecular complexity index is 1580. The Morgan fingerprint density at radius 1 is 1.00 bits per heavy atom.